The third-order valence-corrected chi connectivity index (χ3v) is 3.22. The van der Waals surface area contributed by atoms with Crippen LogP contribution in [0.3, 0.4) is 0 Å². The van der Waals surface area contributed by atoms with Gasteiger partial charge >= 0.3 is 6.18 Å². The second kappa shape index (κ2) is 4.76. The molecule has 2 rings (SSSR count). The van der Waals surface area contributed by atoms with Crippen LogP contribution in [-0.2, 0) is 6.18 Å². The first-order chi connectivity index (χ1) is 8.38. The Morgan fingerprint density at radius 1 is 0.944 bits per heavy atom. The van der Waals surface area contributed by atoms with Gasteiger partial charge in [0.15, 0.2) is 0 Å². The van der Waals surface area contributed by atoms with Crippen molar-refractivity contribution < 1.29 is 13.2 Å². The van der Waals surface area contributed by atoms with E-state index in [1.54, 1.807) is 30.3 Å². The third-order valence-electron chi connectivity index (χ3n) is 2.53. The summed E-state index contributed by atoms with van der Waals surface area (Å²) in [6, 6.07) is 11.3. The molecule has 93 valence electrons. The molecular weight excluding hydrogens is 305 g/mol. The second-order valence-electron chi connectivity index (χ2n) is 3.89. The molecule has 0 fully saturated rings. The summed E-state index contributed by atoms with van der Waals surface area (Å²) in [5.74, 6) is 0. The van der Waals surface area contributed by atoms with Gasteiger partial charge in [-0.2, -0.15) is 13.2 Å². The van der Waals surface area contributed by atoms with Crippen LogP contribution < -0.4 is 0 Å². The minimum Gasteiger partial charge on any atom is -0.166 e. The van der Waals surface area contributed by atoms with Crippen LogP contribution in [0.25, 0.3) is 11.1 Å². The molecule has 0 saturated carbocycles. The van der Waals surface area contributed by atoms with Gasteiger partial charge in [-0.1, -0.05) is 46.3 Å². The van der Waals surface area contributed by atoms with Crippen molar-refractivity contribution in [2.45, 2.75) is 6.18 Å². The molecular formula is C14H9BrF3. The van der Waals surface area contributed by atoms with Gasteiger partial charge in [0.1, 0.15) is 0 Å². The molecule has 1 radical (unpaired) electrons. The fourth-order valence-electron chi connectivity index (χ4n) is 1.67. The number of rotatable bonds is 1. The van der Waals surface area contributed by atoms with Gasteiger partial charge in [-0.05, 0) is 35.7 Å². The Morgan fingerprint density at radius 2 is 1.61 bits per heavy atom. The van der Waals surface area contributed by atoms with Gasteiger partial charge in [-0.3, -0.25) is 0 Å². The van der Waals surface area contributed by atoms with Crippen molar-refractivity contribution in [2.24, 2.45) is 0 Å². The Hall–Kier alpha value is -1.29. The van der Waals surface area contributed by atoms with Gasteiger partial charge < -0.3 is 0 Å². The van der Waals surface area contributed by atoms with E-state index in [4.69, 9.17) is 0 Å². The molecule has 0 spiro atoms. The van der Waals surface area contributed by atoms with E-state index in [2.05, 4.69) is 22.9 Å². The van der Waals surface area contributed by atoms with Gasteiger partial charge in [0, 0.05) is 4.47 Å². The van der Waals surface area contributed by atoms with Crippen molar-refractivity contribution in [3.8, 4) is 11.1 Å². The molecule has 0 aromatic heterocycles. The molecule has 18 heavy (non-hydrogen) atoms. The number of benzene rings is 2. The summed E-state index contributed by atoms with van der Waals surface area (Å²) >= 11 is 2.92. The fourth-order valence-corrected chi connectivity index (χ4v) is 2.14. The summed E-state index contributed by atoms with van der Waals surface area (Å²) in [5, 5.41) is 0. The maximum Gasteiger partial charge on any atom is 0.417 e. The van der Waals surface area contributed by atoms with E-state index in [1.807, 2.05) is 0 Å². The molecule has 0 aliphatic heterocycles. The van der Waals surface area contributed by atoms with Crippen molar-refractivity contribution >= 4 is 15.9 Å². The van der Waals surface area contributed by atoms with Gasteiger partial charge in [-0.25, -0.2) is 0 Å². The van der Waals surface area contributed by atoms with Crippen molar-refractivity contribution in [1.82, 2.24) is 0 Å². The summed E-state index contributed by atoms with van der Waals surface area (Å²) in [5.41, 5.74) is 1.34. The predicted molar refractivity (Wildman–Crippen MR) is 69.0 cm³/mol. The highest BCUT2D eigenvalue weighted by molar-refractivity contribution is 9.10. The summed E-state index contributed by atoms with van der Waals surface area (Å²) < 4.78 is 38.4. The zero-order valence-corrected chi connectivity index (χ0v) is 10.8. The lowest BCUT2D eigenvalue weighted by atomic mass is 10.0. The van der Waals surface area contributed by atoms with Gasteiger partial charge in [0.25, 0.3) is 0 Å². The van der Waals surface area contributed by atoms with E-state index in [-0.39, 0.29) is 4.47 Å². The van der Waals surface area contributed by atoms with E-state index in [0.717, 1.165) is 17.2 Å². The monoisotopic (exact) mass is 313 g/mol. The lowest BCUT2D eigenvalue weighted by Crippen LogP contribution is -2.06. The minimum atomic E-state index is -4.36. The molecule has 0 bridgehead atoms. The Morgan fingerprint density at radius 3 is 2.22 bits per heavy atom. The SMILES string of the molecule is [CH2]c1cccc(-c2ccc(Br)c(C(F)(F)F)c2)c1. The maximum absolute atomic E-state index is 12.8. The van der Waals surface area contributed by atoms with Gasteiger partial charge in [-0.15, -0.1) is 0 Å². The van der Waals surface area contributed by atoms with Crippen LogP contribution >= 0.6 is 15.9 Å². The fraction of sp³-hybridized carbons (Fsp3) is 0.0714. The Balaban J connectivity index is 2.54. The molecule has 0 unspecified atom stereocenters. The van der Waals surface area contributed by atoms with Crippen LogP contribution in [0.1, 0.15) is 11.1 Å². The average Bonchev–Trinajstić information content (AvgIpc) is 2.28. The van der Waals surface area contributed by atoms with E-state index in [9.17, 15) is 13.2 Å². The normalized spacial score (nSPS) is 11.6. The highest BCUT2D eigenvalue weighted by atomic mass is 79.9. The topological polar surface area (TPSA) is 0 Å². The van der Waals surface area contributed by atoms with E-state index in [0.29, 0.717) is 5.56 Å². The molecule has 2 aromatic rings. The zero-order chi connectivity index (χ0) is 13.3. The molecule has 0 atom stereocenters. The first-order valence-electron chi connectivity index (χ1n) is 5.17. The quantitative estimate of drug-likeness (QED) is 0.668. The zero-order valence-electron chi connectivity index (χ0n) is 9.26. The Labute approximate surface area is 112 Å². The molecule has 0 aliphatic rings. The predicted octanol–water partition coefficient (Wildman–Crippen LogP) is 5.32. The highest BCUT2D eigenvalue weighted by Crippen LogP contribution is 2.37. The van der Waals surface area contributed by atoms with Crippen LogP contribution in [0.2, 0.25) is 0 Å². The van der Waals surface area contributed by atoms with Crippen LogP contribution in [0.5, 0.6) is 0 Å². The van der Waals surface area contributed by atoms with E-state index in [1.165, 1.54) is 6.07 Å². The molecule has 0 saturated heterocycles. The number of halogens is 4. The first kappa shape index (κ1) is 13.1. The van der Waals surface area contributed by atoms with Crippen LogP contribution in [0.15, 0.2) is 46.9 Å². The minimum absolute atomic E-state index is 0.0459. The van der Waals surface area contributed by atoms with Gasteiger partial charge in [0.05, 0.1) is 5.56 Å². The first-order valence-corrected chi connectivity index (χ1v) is 5.96. The van der Waals surface area contributed by atoms with E-state index >= 15 is 0 Å². The lowest BCUT2D eigenvalue weighted by molar-refractivity contribution is -0.138. The average molecular weight is 314 g/mol. The standard InChI is InChI=1S/C14H9BrF3/c1-9-3-2-4-10(7-9)11-5-6-13(15)12(8-11)14(16,17)18/h2-8H,1H2. The number of hydrogen-bond acceptors (Lipinski definition) is 0. The molecule has 0 N–H and O–H groups in total. The maximum atomic E-state index is 12.8. The molecule has 0 amide bonds. The molecule has 2 aromatic carbocycles. The summed E-state index contributed by atoms with van der Waals surface area (Å²) in [7, 11) is 0. The molecule has 0 aliphatic carbocycles. The molecule has 4 heteroatoms. The second-order valence-corrected chi connectivity index (χ2v) is 4.75. The third kappa shape index (κ3) is 2.75. The molecule has 0 heterocycles. The summed E-state index contributed by atoms with van der Waals surface area (Å²) in [4.78, 5) is 0. The van der Waals surface area contributed by atoms with Crippen molar-refractivity contribution in [2.75, 3.05) is 0 Å². The van der Waals surface area contributed by atoms with Gasteiger partial charge in [0.2, 0.25) is 0 Å². The summed E-state index contributed by atoms with van der Waals surface area (Å²) in [6.45, 7) is 3.76. The molecule has 0 nitrogen and oxygen atoms in total. The van der Waals surface area contributed by atoms with E-state index < -0.39 is 11.7 Å². The lowest BCUT2D eigenvalue weighted by Gasteiger charge is -2.11. The van der Waals surface area contributed by atoms with Crippen molar-refractivity contribution in [1.29, 1.82) is 0 Å². The largest absolute Gasteiger partial charge is 0.417 e. The van der Waals surface area contributed by atoms with Crippen molar-refractivity contribution in [3.05, 3.63) is 65.0 Å². The van der Waals surface area contributed by atoms with Crippen LogP contribution in [0.4, 0.5) is 13.2 Å². The highest BCUT2D eigenvalue weighted by Gasteiger charge is 2.33. The van der Waals surface area contributed by atoms with Crippen LogP contribution in [0, 0.1) is 6.92 Å². The van der Waals surface area contributed by atoms with Crippen molar-refractivity contribution in [3.63, 3.8) is 0 Å². The smallest absolute Gasteiger partial charge is 0.166 e. The Kier molecular flexibility index (Phi) is 3.48. The number of alkyl halides is 3. The number of hydrogen-bond donors (Lipinski definition) is 0. The summed E-state index contributed by atoms with van der Waals surface area (Å²) in [6.07, 6.45) is -4.36. The Bertz CT molecular complexity index is 573. The van der Waals surface area contributed by atoms with Crippen LogP contribution in [-0.4, -0.2) is 0 Å².